The molecule has 0 aliphatic carbocycles. The van der Waals surface area contributed by atoms with Crippen molar-refractivity contribution in [1.82, 2.24) is 0 Å². The molecule has 0 spiro atoms. The zero-order valence-corrected chi connectivity index (χ0v) is 22.6. The van der Waals surface area contributed by atoms with E-state index >= 15 is 0 Å². The Balaban J connectivity index is 0.00000363. The molecule has 0 atom stereocenters. The van der Waals surface area contributed by atoms with Crippen LogP contribution in [-0.4, -0.2) is 6.16 Å². The lowest BCUT2D eigenvalue weighted by atomic mass is 10.1. The van der Waals surface area contributed by atoms with Crippen molar-refractivity contribution >= 4 is 23.2 Å². The maximum atomic E-state index is 2.44. The second-order valence-corrected chi connectivity index (χ2v) is 12.0. The minimum atomic E-state index is -1.68. The fourth-order valence-corrected chi connectivity index (χ4v) is 8.68. The number of rotatable bonds is 13. The third kappa shape index (κ3) is 7.56. The number of halogens is 1. The molecular formula is C30H38IP. The molecule has 170 valence electrons. The topological polar surface area (TPSA) is 0 Å². The quantitative estimate of drug-likeness (QED) is 0.124. The third-order valence-electron chi connectivity index (χ3n) is 6.11. The Labute approximate surface area is 213 Å². The molecule has 0 heterocycles. The van der Waals surface area contributed by atoms with E-state index in [-0.39, 0.29) is 24.0 Å². The van der Waals surface area contributed by atoms with Gasteiger partial charge in [-0.1, -0.05) is 106 Å². The van der Waals surface area contributed by atoms with E-state index in [9.17, 15) is 0 Å². The average molecular weight is 557 g/mol. The Morgan fingerprint density at radius 2 is 0.938 bits per heavy atom. The Bertz CT molecular complexity index is 778. The SMILES string of the molecule is CCCCCCCCC=CCC[P+](c1ccccc1)(c1ccccc1)c1ccccc1.[I-]. The summed E-state index contributed by atoms with van der Waals surface area (Å²) in [4.78, 5) is 0. The van der Waals surface area contributed by atoms with Gasteiger partial charge in [0.25, 0.3) is 0 Å². The fourth-order valence-electron chi connectivity index (χ4n) is 4.43. The largest absolute Gasteiger partial charge is 1.00 e. The molecule has 0 amide bonds. The van der Waals surface area contributed by atoms with Gasteiger partial charge in [-0.05, 0) is 49.2 Å². The maximum absolute atomic E-state index is 2.44. The van der Waals surface area contributed by atoms with Crippen molar-refractivity contribution in [2.24, 2.45) is 0 Å². The van der Waals surface area contributed by atoms with Crippen LogP contribution in [-0.2, 0) is 0 Å². The normalized spacial score (nSPS) is 11.4. The predicted octanol–water partition coefficient (Wildman–Crippen LogP) is 4.68. The first-order chi connectivity index (χ1) is 15.4. The number of unbranched alkanes of at least 4 members (excludes halogenated alkanes) is 6. The van der Waals surface area contributed by atoms with E-state index in [2.05, 4.69) is 110 Å². The average Bonchev–Trinajstić information content (AvgIpc) is 2.84. The Hall–Kier alpha value is -1.44. The van der Waals surface area contributed by atoms with Crippen LogP contribution in [0.25, 0.3) is 0 Å². The van der Waals surface area contributed by atoms with Gasteiger partial charge in [-0.15, -0.1) is 0 Å². The van der Waals surface area contributed by atoms with Gasteiger partial charge in [-0.25, -0.2) is 0 Å². The highest BCUT2D eigenvalue weighted by atomic mass is 127. The molecule has 0 unspecified atom stereocenters. The van der Waals surface area contributed by atoms with Crippen LogP contribution in [0.15, 0.2) is 103 Å². The van der Waals surface area contributed by atoms with Gasteiger partial charge in [0.2, 0.25) is 0 Å². The monoisotopic (exact) mass is 556 g/mol. The fraction of sp³-hybridized carbons (Fsp3) is 0.333. The summed E-state index contributed by atoms with van der Waals surface area (Å²) in [5, 5.41) is 4.45. The summed E-state index contributed by atoms with van der Waals surface area (Å²) in [6, 6.07) is 33.6. The molecule has 0 saturated heterocycles. The number of benzene rings is 3. The van der Waals surface area contributed by atoms with Gasteiger partial charge in [0, 0.05) is 6.42 Å². The van der Waals surface area contributed by atoms with E-state index in [0.29, 0.717) is 0 Å². The summed E-state index contributed by atoms with van der Waals surface area (Å²) in [6.45, 7) is 2.28. The van der Waals surface area contributed by atoms with Crippen molar-refractivity contribution in [1.29, 1.82) is 0 Å². The second-order valence-electron chi connectivity index (χ2n) is 8.36. The molecule has 3 aromatic rings. The molecule has 3 aromatic carbocycles. The first kappa shape index (κ1) is 26.8. The predicted molar refractivity (Wildman–Crippen MR) is 142 cm³/mol. The molecule has 3 rings (SSSR count). The summed E-state index contributed by atoms with van der Waals surface area (Å²) in [6.07, 6.45) is 16.6. The zero-order valence-electron chi connectivity index (χ0n) is 19.5. The van der Waals surface area contributed by atoms with Crippen LogP contribution in [0.1, 0.15) is 58.3 Å². The lowest BCUT2D eigenvalue weighted by Crippen LogP contribution is -3.00. The molecule has 0 aliphatic rings. The van der Waals surface area contributed by atoms with Crippen molar-refractivity contribution in [2.45, 2.75) is 58.3 Å². The molecule has 2 heteroatoms. The first-order valence-electron chi connectivity index (χ1n) is 12.1. The van der Waals surface area contributed by atoms with Gasteiger partial charge < -0.3 is 24.0 Å². The van der Waals surface area contributed by atoms with Crippen LogP contribution >= 0.6 is 7.26 Å². The van der Waals surface area contributed by atoms with E-state index in [1.54, 1.807) is 0 Å². The number of hydrogen-bond donors (Lipinski definition) is 0. The van der Waals surface area contributed by atoms with Crippen molar-refractivity contribution in [3.8, 4) is 0 Å². The minimum Gasteiger partial charge on any atom is -1.00 e. The minimum absolute atomic E-state index is 0. The van der Waals surface area contributed by atoms with Crippen LogP contribution in [0.3, 0.4) is 0 Å². The van der Waals surface area contributed by atoms with E-state index in [0.717, 1.165) is 6.42 Å². The lowest BCUT2D eigenvalue weighted by molar-refractivity contribution is -0.00000625. The standard InChI is InChI=1S/C30H38P.HI/c1-2-3-4-5-6-7-8-9-10-20-27-31(28-21-14-11-15-22-28,29-23-16-12-17-24-29)30-25-18-13-19-26-30;/h9-19,21-26H,2-8,20,27H2,1H3;1H/q+1;/p-1. The molecule has 0 aliphatic heterocycles. The van der Waals surface area contributed by atoms with Crippen LogP contribution in [0.4, 0.5) is 0 Å². The Morgan fingerprint density at radius 3 is 1.41 bits per heavy atom. The number of allylic oxidation sites excluding steroid dienone is 2. The van der Waals surface area contributed by atoms with Gasteiger partial charge in [0.15, 0.2) is 0 Å². The van der Waals surface area contributed by atoms with E-state index in [1.807, 2.05) is 0 Å². The van der Waals surface area contributed by atoms with E-state index in [4.69, 9.17) is 0 Å². The van der Waals surface area contributed by atoms with Crippen LogP contribution in [0.2, 0.25) is 0 Å². The van der Waals surface area contributed by atoms with Crippen molar-refractivity contribution < 1.29 is 24.0 Å². The summed E-state index contributed by atoms with van der Waals surface area (Å²) in [5.74, 6) is 0. The Morgan fingerprint density at radius 1 is 0.531 bits per heavy atom. The van der Waals surface area contributed by atoms with Crippen LogP contribution in [0.5, 0.6) is 0 Å². The molecule has 0 radical (unpaired) electrons. The van der Waals surface area contributed by atoms with Gasteiger partial charge >= 0.3 is 0 Å². The highest BCUT2D eigenvalue weighted by Gasteiger charge is 2.44. The molecular weight excluding hydrogens is 518 g/mol. The molecule has 0 fully saturated rings. The van der Waals surface area contributed by atoms with Crippen molar-refractivity contribution in [2.75, 3.05) is 6.16 Å². The van der Waals surface area contributed by atoms with Crippen LogP contribution in [0, 0.1) is 0 Å². The number of hydrogen-bond acceptors (Lipinski definition) is 0. The molecule has 0 saturated carbocycles. The van der Waals surface area contributed by atoms with Crippen molar-refractivity contribution in [3.05, 3.63) is 103 Å². The first-order valence-corrected chi connectivity index (χ1v) is 14.1. The van der Waals surface area contributed by atoms with Crippen LogP contribution < -0.4 is 39.9 Å². The summed E-state index contributed by atoms with van der Waals surface area (Å²) in [5.41, 5.74) is 0. The van der Waals surface area contributed by atoms with Gasteiger partial charge in [0.05, 0.1) is 6.16 Å². The van der Waals surface area contributed by atoms with Gasteiger partial charge in [-0.3, -0.25) is 0 Å². The Kier molecular flexibility index (Phi) is 12.9. The lowest BCUT2D eigenvalue weighted by Gasteiger charge is -2.27. The van der Waals surface area contributed by atoms with Gasteiger partial charge in [-0.2, -0.15) is 0 Å². The smallest absolute Gasteiger partial charge is 0.112 e. The highest BCUT2D eigenvalue weighted by molar-refractivity contribution is 7.95. The maximum Gasteiger partial charge on any atom is 0.112 e. The van der Waals surface area contributed by atoms with Crippen molar-refractivity contribution in [3.63, 3.8) is 0 Å². The molecule has 0 aromatic heterocycles. The summed E-state index contributed by atoms with van der Waals surface area (Å²) >= 11 is 0. The highest BCUT2D eigenvalue weighted by Crippen LogP contribution is 2.55. The van der Waals surface area contributed by atoms with E-state index in [1.165, 1.54) is 67.0 Å². The summed E-state index contributed by atoms with van der Waals surface area (Å²) < 4.78 is 0. The molecule has 0 bridgehead atoms. The third-order valence-corrected chi connectivity index (χ3v) is 10.6. The zero-order chi connectivity index (χ0) is 21.6. The summed E-state index contributed by atoms with van der Waals surface area (Å²) in [7, 11) is -1.68. The molecule has 0 nitrogen and oxygen atoms in total. The molecule has 0 N–H and O–H groups in total. The van der Waals surface area contributed by atoms with Gasteiger partial charge in [0.1, 0.15) is 23.2 Å². The molecule has 32 heavy (non-hydrogen) atoms. The van der Waals surface area contributed by atoms with E-state index < -0.39 is 7.26 Å². The second kappa shape index (κ2) is 15.4.